The highest BCUT2D eigenvalue weighted by atomic mass is 15.2. The fraction of sp³-hybridized carbons (Fsp3) is 1.00. The van der Waals surface area contributed by atoms with Gasteiger partial charge in [0, 0.05) is 6.54 Å². The summed E-state index contributed by atoms with van der Waals surface area (Å²) in [6, 6.07) is 0. The molecule has 2 nitrogen and oxygen atoms in total. The summed E-state index contributed by atoms with van der Waals surface area (Å²) in [5.74, 6) is 5.93. The molecule has 0 amide bonds. The highest BCUT2D eigenvalue weighted by Crippen LogP contribution is 2.27. The molecular formula is C8H20N2. The molecule has 0 aliphatic heterocycles. The van der Waals surface area contributed by atoms with Gasteiger partial charge in [-0.1, -0.05) is 34.1 Å². The maximum atomic E-state index is 5.25. The Bertz CT molecular complexity index is 83.7. The Morgan fingerprint density at radius 2 is 1.90 bits per heavy atom. The third-order valence-electron chi connectivity index (χ3n) is 2.08. The second kappa shape index (κ2) is 3.94. The summed E-state index contributed by atoms with van der Waals surface area (Å²) in [4.78, 5) is 0. The molecule has 0 saturated carbocycles. The summed E-state index contributed by atoms with van der Waals surface area (Å²) in [6.07, 6.45) is 1.19. The Balaban J connectivity index is 3.81. The maximum absolute atomic E-state index is 5.25. The van der Waals surface area contributed by atoms with E-state index < -0.39 is 0 Å². The van der Waals surface area contributed by atoms with E-state index in [9.17, 15) is 0 Å². The summed E-state index contributed by atoms with van der Waals surface area (Å²) in [6.45, 7) is 9.86. The fourth-order valence-electron chi connectivity index (χ4n) is 1.21. The van der Waals surface area contributed by atoms with Crippen LogP contribution < -0.4 is 11.3 Å². The van der Waals surface area contributed by atoms with Gasteiger partial charge in [-0.05, 0) is 11.3 Å². The van der Waals surface area contributed by atoms with Crippen molar-refractivity contribution in [3.8, 4) is 0 Å². The number of hydrogen-bond donors (Lipinski definition) is 2. The van der Waals surface area contributed by atoms with E-state index >= 15 is 0 Å². The second-order valence-corrected chi connectivity index (χ2v) is 3.88. The van der Waals surface area contributed by atoms with Crippen LogP contribution in [0.3, 0.4) is 0 Å². The average molecular weight is 144 g/mol. The Labute approximate surface area is 64.2 Å². The van der Waals surface area contributed by atoms with Crippen LogP contribution in [0.15, 0.2) is 0 Å². The van der Waals surface area contributed by atoms with Crippen molar-refractivity contribution in [1.82, 2.24) is 5.43 Å². The van der Waals surface area contributed by atoms with E-state index in [1.165, 1.54) is 6.42 Å². The summed E-state index contributed by atoms with van der Waals surface area (Å²) in [5.41, 5.74) is 3.10. The minimum Gasteiger partial charge on any atom is -0.271 e. The topological polar surface area (TPSA) is 38.0 Å². The van der Waals surface area contributed by atoms with Crippen LogP contribution in [-0.2, 0) is 0 Å². The molecule has 0 radical (unpaired) electrons. The van der Waals surface area contributed by atoms with Crippen molar-refractivity contribution in [2.45, 2.75) is 34.1 Å². The van der Waals surface area contributed by atoms with Crippen molar-refractivity contribution in [3.63, 3.8) is 0 Å². The molecule has 1 atom stereocenters. The Morgan fingerprint density at radius 1 is 1.40 bits per heavy atom. The third-order valence-corrected chi connectivity index (χ3v) is 2.08. The highest BCUT2D eigenvalue weighted by molar-refractivity contribution is 4.73. The predicted molar refractivity (Wildman–Crippen MR) is 45.4 cm³/mol. The van der Waals surface area contributed by atoms with E-state index in [2.05, 4.69) is 33.1 Å². The minimum atomic E-state index is 0.376. The molecule has 1 unspecified atom stereocenters. The van der Waals surface area contributed by atoms with Gasteiger partial charge in [0.25, 0.3) is 0 Å². The monoisotopic (exact) mass is 144 g/mol. The van der Waals surface area contributed by atoms with Crippen LogP contribution in [0.4, 0.5) is 0 Å². The summed E-state index contributed by atoms with van der Waals surface area (Å²) < 4.78 is 0. The van der Waals surface area contributed by atoms with Crippen LogP contribution in [0.2, 0.25) is 0 Å². The van der Waals surface area contributed by atoms with Crippen molar-refractivity contribution in [2.75, 3.05) is 6.54 Å². The number of nitrogens with one attached hydrogen (secondary N) is 1. The average Bonchev–Trinajstić information content (AvgIpc) is 1.80. The lowest BCUT2D eigenvalue weighted by molar-refractivity contribution is 0.226. The van der Waals surface area contributed by atoms with Crippen molar-refractivity contribution >= 4 is 0 Å². The van der Waals surface area contributed by atoms with E-state index in [1.54, 1.807) is 0 Å². The van der Waals surface area contributed by atoms with Gasteiger partial charge in [0.15, 0.2) is 0 Å². The molecule has 0 bridgehead atoms. The summed E-state index contributed by atoms with van der Waals surface area (Å²) >= 11 is 0. The van der Waals surface area contributed by atoms with Crippen LogP contribution in [0.25, 0.3) is 0 Å². The second-order valence-electron chi connectivity index (χ2n) is 3.88. The number of rotatable bonds is 3. The number of nitrogens with two attached hydrogens (primary N) is 1. The van der Waals surface area contributed by atoms with Gasteiger partial charge in [-0.15, -0.1) is 0 Å². The zero-order chi connectivity index (χ0) is 8.20. The number of hydrogen-bond acceptors (Lipinski definition) is 2. The van der Waals surface area contributed by atoms with Gasteiger partial charge < -0.3 is 0 Å². The Kier molecular flexibility index (Phi) is 3.91. The molecule has 62 valence electrons. The largest absolute Gasteiger partial charge is 0.271 e. The highest BCUT2D eigenvalue weighted by Gasteiger charge is 2.21. The van der Waals surface area contributed by atoms with Gasteiger partial charge in [-0.2, -0.15) is 0 Å². The first-order chi connectivity index (χ1) is 4.52. The SMILES string of the molecule is CCC(CNN)C(C)(C)C. The van der Waals surface area contributed by atoms with E-state index in [0.717, 1.165) is 6.54 Å². The Hall–Kier alpha value is -0.0800. The zero-order valence-electron chi connectivity index (χ0n) is 7.57. The Morgan fingerprint density at radius 3 is 2.00 bits per heavy atom. The zero-order valence-corrected chi connectivity index (χ0v) is 7.57. The molecule has 0 aromatic carbocycles. The van der Waals surface area contributed by atoms with Crippen LogP contribution in [0.5, 0.6) is 0 Å². The van der Waals surface area contributed by atoms with Gasteiger partial charge in [0.2, 0.25) is 0 Å². The van der Waals surface area contributed by atoms with Gasteiger partial charge in [0.05, 0.1) is 0 Å². The summed E-state index contributed by atoms with van der Waals surface area (Å²) in [5, 5.41) is 0. The number of hydrazine groups is 1. The molecule has 0 rings (SSSR count). The maximum Gasteiger partial charge on any atom is 0.0131 e. The van der Waals surface area contributed by atoms with E-state index in [-0.39, 0.29) is 0 Å². The molecule has 0 aliphatic rings. The molecule has 0 spiro atoms. The van der Waals surface area contributed by atoms with Crippen molar-refractivity contribution in [2.24, 2.45) is 17.2 Å². The first kappa shape index (κ1) is 9.92. The molecule has 0 aromatic rings. The van der Waals surface area contributed by atoms with Crippen molar-refractivity contribution in [3.05, 3.63) is 0 Å². The van der Waals surface area contributed by atoms with Gasteiger partial charge >= 0.3 is 0 Å². The summed E-state index contributed by atoms with van der Waals surface area (Å²) in [7, 11) is 0. The quantitative estimate of drug-likeness (QED) is 0.465. The lowest BCUT2D eigenvalue weighted by Crippen LogP contribution is -2.34. The molecule has 0 saturated heterocycles. The van der Waals surface area contributed by atoms with Crippen LogP contribution >= 0.6 is 0 Å². The lowest BCUT2D eigenvalue weighted by atomic mass is 9.79. The molecule has 0 aliphatic carbocycles. The van der Waals surface area contributed by atoms with E-state index in [0.29, 0.717) is 11.3 Å². The molecule has 0 heterocycles. The third kappa shape index (κ3) is 3.18. The van der Waals surface area contributed by atoms with Crippen LogP contribution in [-0.4, -0.2) is 6.54 Å². The molecular weight excluding hydrogens is 124 g/mol. The lowest BCUT2D eigenvalue weighted by Gasteiger charge is -2.29. The van der Waals surface area contributed by atoms with Gasteiger partial charge in [-0.25, -0.2) is 0 Å². The van der Waals surface area contributed by atoms with Gasteiger partial charge in [-0.3, -0.25) is 11.3 Å². The first-order valence-corrected chi connectivity index (χ1v) is 3.95. The van der Waals surface area contributed by atoms with Crippen LogP contribution in [0.1, 0.15) is 34.1 Å². The minimum absolute atomic E-state index is 0.376. The predicted octanol–water partition coefficient (Wildman–Crippen LogP) is 1.52. The van der Waals surface area contributed by atoms with E-state index in [1.807, 2.05) is 0 Å². The fourth-order valence-corrected chi connectivity index (χ4v) is 1.21. The molecule has 0 aromatic heterocycles. The van der Waals surface area contributed by atoms with Crippen LogP contribution in [0, 0.1) is 11.3 Å². The molecule has 10 heavy (non-hydrogen) atoms. The van der Waals surface area contributed by atoms with E-state index in [4.69, 9.17) is 5.84 Å². The van der Waals surface area contributed by atoms with Gasteiger partial charge in [0.1, 0.15) is 0 Å². The molecule has 3 N–H and O–H groups in total. The smallest absolute Gasteiger partial charge is 0.0131 e. The van der Waals surface area contributed by atoms with Crippen molar-refractivity contribution < 1.29 is 0 Å². The first-order valence-electron chi connectivity index (χ1n) is 3.95. The van der Waals surface area contributed by atoms with Crippen molar-refractivity contribution in [1.29, 1.82) is 0 Å². The molecule has 0 fully saturated rings. The normalized spacial score (nSPS) is 15.3. The standard InChI is InChI=1S/C8H20N2/c1-5-7(6-10-9)8(2,3)4/h7,10H,5-6,9H2,1-4H3. The molecule has 2 heteroatoms.